The number of benzene rings is 1. The number of nitrogens with zero attached hydrogens (tertiary/aromatic N) is 2. The van der Waals surface area contributed by atoms with Gasteiger partial charge in [0.15, 0.2) is 0 Å². The Morgan fingerprint density at radius 3 is 2.88 bits per heavy atom. The Balaban J connectivity index is 2.26. The third-order valence-corrected chi connectivity index (χ3v) is 3.33. The molecule has 0 bridgehead atoms. The van der Waals surface area contributed by atoms with Crippen molar-refractivity contribution in [2.24, 2.45) is 7.05 Å². The lowest BCUT2D eigenvalue weighted by Gasteiger charge is -1.95. The first-order valence-electron chi connectivity index (χ1n) is 5.21. The minimum Gasteiger partial charge on any atom is -0.384 e. The van der Waals surface area contributed by atoms with Crippen molar-refractivity contribution in [1.29, 1.82) is 0 Å². The molecule has 0 aliphatic heterocycles. The summed E-state index contributed by atoms with van der Waals surface area (Å²) in [6.45, 7) is 0. The van der Waals surface area contributed by atoms with Gasteiger partial charge in [-0.1, -0.05) is 15.9 Å². The van der Waals surface area contributed by atoms with Gasteiger partial charge in [-0.2, -0.15) is 5.10 Å². The van der Waals surface area contributed by atoms with E-state index in [0.717, 1.165) is 26.6 Å². The number of hydrogen-bond acceptors (Lipinski definition) is 2. The van der Waals surface area contributed by atoms with Crippen LogP contribution in [0.4, 0.5) is 5.82 Å². The van der Waals surface area contributed by atoms with Gasteiger partial charge in [0.1, 0.15) is 5.82 Å². The fraction of sp³-hybridized carbons (Fsp3) is 0.0833. The number of rotatable bonds is 1. The first-order chi connectivity index (χ1) is 8.15. The topological polar surface area (TPSA) is 59.6 Å². The first kappa shape index (κ1) is 10.4. The van der Waals surface area contributed by atoms with Gasteiger partial charge >= 0.3 is 0 Å². The lowest BCUT2D eigenvalue weighted by Crippen LogP contribution is -1.96. The van der Waals surface area contributed by atoms with Crippen molar-refractivity contribution in [3.63, 3.8) is 0 Å². The van der Waals surface area contributed by atoms with Crippen LogP contribution in [0.5, 0.6) is 0 Å². The van der Waals surface area contributed by atoms with E-state index in [0.29, 0.717) is 5.82 Å². The van der Waals surface area contributed by atoms with Crippen LogP contribution in [0.15, 0.2) is 34.9 Å². The second kappa shape index (κ2) is 3.63. The number of nitrogens with one attached hydrogen (secondary N) is 1. The van der Waals surface area contributed by atoms with E-state index in [1.54, 1.807) is 4.68 Å². The van der Waals surface area contributed by atoms with Gasteiger partial charge in [-0.25, -0.2) is 0 Å². The second-order valence-electron chi connectivity index (χ2n) is 3.97. The Kier molecular flexibility index (Phi) is 2.22. The summed E-state index contributed by atoms with van der Waals surface area (Å²) in [5.74, 6) is 0.657. The predicted molar refractivity (Wildman–Crippen MR) is 72.6 cm³/mol. The normalized spacial score (nSPS) is 11.2. The van der Waals surface area contributed by atoms with Crippen molar-refractivity contribution >= 4 is 32.7 Å². The summed E-state index contributed by atoms with van der Waals surface area (Å²) in [5, 5.41) is 5.53. The summed E-state index contributed by atoms with van der Waals surface area (Å²) in [5.41, 5.74) is 8.84. The zero-order chi connectivity index (χ0) is 12.0. The van der Waals surface area contributed by atoms with Crippen LogP contribution in [0.2, 0.25) is 0 Å². The molecule has 17 heavy (non-hydrogen) atoms. The SMILES string of the molecule is Cn1nc(-c2c[nH]c3ccc(Br)cc23)cc1N. The van der Waals surface area contributed by atoms with Gasteiger partial charge in [0.2, 0.25) is 0 Å². The summed E-state index contributed by atoms with van der Waals surface area (Å²) < 4.78 is 2.72. The molecular weight excluding hydrogens is 280 g/mol. The monoisotopic (exact) mass is 290 g/mol. The van der Waals surface area contributed by atoms with Crippen molar-refractivity contribution in [1.82, 2.24) is 14.8 Å². The first-order valence-corrected chi connectivity index (χ1v) is 6.01. The van der Waals surface area contributed by atoms with Crippen molar-refractivity contribution in [3.8, 4) is 11.3 Å². The fourth-order valence-corrected chi connectivity index (χ4v) is 2.28. The number of fused-ring (bicyclic) bond motifs is 1. The molecule has 86 valence electrons. The molecule has 4 nitrogen and oxygen atoms in total. The number of halogens is 1. The number of anilines is 1. The van der Waals surface area contributed by atoms with Gasteiger partial charge in [0, 0.05) is 40.2 Å². The third-order valence-electron chi connectivity index (χ3n) is 2.84. The molecule has 2 aromatic heterocycles. The summed E-state index contributed by atoms with van der Waals surface area (Å²) in [7, 11) is 1.84. The third kappa shape index (κ3) is 1.63. The highest BCUT2D eigenvalue weighted by molar-refractivity contribution is 9.10. The predicted octanol–water partition coefficient (Wildman–Crippen LogP) is 2.91. The minimum absolute atomic E-state index is 0.657. The molecule has 3 N–H and O–H groups in total. The van der Waals surface area contributed by atoms with Gasteiger partial charge in [-0.3, -0.25) is 4.68 Å². The van der Waals surface area contributed by atoms with Gasteiger partial charge in [0.05, 0.1) is 5.69 Å². The van der Waals surface area contributed by atoms with Gasteiger partial charge in [-0.05, 0) is 18.2 Å². The van der Waals surface area contributed by atoms with Crippen molar-refractivity contribution < 1.29 is 0 Å². The molecular formula is C12H11BrN4. The molecule has 0 aliphatic carbocycles. The summed E-state index contributed by atoms with van der Waals surface area (Å²) in [6.07, 6.45) is 1.96. The standard InChI is InChI=1S/C12H11BrN4/c1-17-12(14)5-11(16-17)9-6-15-10-3-2-7(13)4-8(9)10/h2-6,15H,14H2,1H3. The van der Waals surface area contributed by atoms with Crippen molar-refractivity contribution in [2.45, 2.75) is 0 Å². The quantitative estimate of drug-likeness (QED) is 0.724. The van der Waals surface area contributed by atoms with E-state index < -0.39 is 0 Å². The molecule has 0 amide bonds. The van der Waals surface area contributed by atoms with E-state index in [1.165, 1.54) is 0 Å². The molecule has 0 fully saturated rings. The van der Waals surface area contributed by atoms with E-state index >= 15 is 0 Å². The molecule has 0 spiro atoms. The number of nitrogens with two attached hydrogens (primary N) is 1. The molecule has 0 aliphatic rings. The molecule has 0 saturated carbocycles. The van der Waals surface area contributed by atoms with Crippen LogP contribution in [0.3, 0.4) is 0 Å². The van der Waals surface area contributed by atoms with Gasteiger partial charge in [0.25, 0.3) is 0 Å². The van der Waals surface area contributed by atoms with Crippen LogP contribution in [0.1, 0.15) is 0 Å². The molecule has 3 rings (SSSR count). The summed E-state index contributed by atoms with van der Waals surface area (Å²) in [6, 6.07) is 8.00. The lowest BCUT2D eigenvalue weighted by molar-refractivity contribution is 0.782. The zero-order valence-electron chi connectivity index (χ0n) is 9.24. The van der Waals surface area contributed by atoms with Crippen LogP contribution < -0.4 is 5.73 Å². The van der Waals surface area contributed by atoms with Crippen LogP contribution >= 0.6 is 15.9 Å². The lowest BCUT2D eigenvalue weighted by atomic mass is 10.1. The van der Waals surface area contributed by atoms with Crippen LogP contribution in [0.25, 0.3) is 22.2 Å². The van der Waals surface area contributed by atoms with E-state index in [2.05, 4.69) is 32.1 Å². The Hall–Kier alpha value is -1.75. The molecule has 0 unspecified atom stereocenters. The molecule has 3 aromatic rings. The average Bonchev–Trinajstić information content (AvgIpc) is 2.83. The van der Waals surface area contributed by atoms with E-state index in [-0.39, 0.29) is 0 Å². The van der Waals surface area contributed by atoms with Gasteiger partial charge in [-0.15, -0.1) is 0 Å². The molecule has 5 heteroatoms. The number of nitrogen functional groups attached to an aromatic ring is 1. The van der Waals surface area contributed by atoms with Crippen molar-refractivity contribution in [2.75, 3.05) is 5.73 Å². The molecule has 0 atom stereocenters. The average molecular weight is 291 g/mol. The largest absolute Gasteiger partial charge is 0.384 e. The van der Waals surface area contributed by atoms with Crippen molar-refractivity contribution in [3.05, 3.63) is 34.9 Å². The van der Waals surface area contributed by atoms with E-state index in [4.69, 9.17) is 5.73 Å². The van der Waals surface area contributed by atoms with Gasteiger partial charge < -0.3 is 10.7 Å². The number of aromatic amines is 1. The Bertz CT molecular complexity index is 676. The Labute approximate surface area is 107 Å². The molecule has 0 saturated heterocycles. The molecule has 2 heterocycles. The fourth-order valence-electron chi connectivity index (χ4n) is 1.92. The van der Waals surface area contributed by atoms with E-state index in [1.807, 2.05) is 31.4 Å². The zero-order valence-corrected chi connectivity index (χ0v) is 10.8. The highest BCUT2D eigenvalue weighted by atomic mass is 79.9. The van der Waals surface area contributed by atoms with Crippen LogP contribution in [-0.2, 0) is 7.05 Å². The summed E-state index contributed by atoms with van der Waals surface area (Å²) in [4.78, 5) is 3.23. The highest BCUT2D eigenvalue weighted by Gasteiger charge is 2.10. The van der Waals surface area contributed by atoms with Crippen LogP contribution in [-0.4, -0.2) is 14.8 Å². The summed E-state index contributed by atoms with van der Waals surface area (Å²) >= 11 is 3.48. The second-order valence-corrected chi connectivity index (χ2v) is 4.89. The number of aryl methyl sites for hydroxylation is 1. The maximum absolute atomic E-state index is 5.80. The highest BCUT2D eigenvalue weighted by Crippen LogP contribution is 2.30. The number of H-pyrrole nitrogens is 1. The maximum atomic E-state index is 5.80. The number of hydrogen-bond donors (Lipinski definition) is 2. The Morgan fingerprint density at radius 1 is 1.35 bits per heavy atom. The van der Waals surface area contributed by atoms with E-state index in [9.17, 15) is 0 Å². The molecule has 1 aromatic carbocycles. The maximum Gasteiger partial charge on any atom is 0.121 e. The Morgan fingerprint density at radius 2 is 2.18 bits per heavy atom. The number of aromatic nitrogens is 3. The van der Waals surface area contributed by atoms with Crippen LogP contribution in [0, 0.1) is 0 Å². The smallest absolute Gasteiger partial charge is 0.121 e. The molecule has 0 radical (unpaired) electrons. The minimum atomic E-state index is 0.657.